The van der Waals surface area contributed by atoms with Gasteiger partial charge in [0.05, 0.1) is 12.7 Å². The number of hydrogen-bond donors (Lipinski definition) is 1. The van der Waals surface area contributed by atoms with E-state index in [0.717, 1.165) is 44.6 Å². The molecule has 20 heavy (non-hydrogen) atoms. The van der Waals surface area contributed by atoms with Crippen LogP contribution in [0, 0.1) is 12.3 Å². The highest BCUT2D eigenvalue weighted by molar-refractivity contribution is 5.33. The Labute approximate surface area is 122 Å². The van der Waals surface area contributed by atoms with Gasteiger partial charge >= 0.3 is 0 Å². The van der Waals surface area contributed by atoms with Gasteiger partial charge in [0.1, 0.15) is 0 Å². The molecule has 0 spiro atoms. The van der Waals surface area contributed by atoms with Crippen LogP contribution in [0.2, 0.25) is 0 Å². The van der Waals surface area contributed by atoms with E-state index in [0.29, 0.717) is 0 Å². The Balaban J connectivity index is 2.07. The van der Waals surface area contributed by atoms with Gasteiger partial charge in [0.2, 0.25) is 0 Å². The molecule has 1 aliphatic rings. The van der Waals surface area contributed by atoms with Crippen LogP contribution in [0.1, 0.15) is 63.1 Å². The van der Waals surface area contributed by atoms with Crippen LogP contribution in [-0.4, -0.2) is 22.9 Å². The van der Waals surface area contributed by atoms with Gasteiger partial charge < -0.3 is 14.4 Å². The number of ether oxygens (including phenoxy) is 1. The molecule has 0 fully saturated rings. The molecule has 1 unspecified atom stereocenters. The van der Waals surface area contributed by atoms with E-state index in [2.05, 4.69) is 38.3 Å². The molecule has 2 rings (SSSR count). The van der Waals surface area contributed by atoms with Crippen LogP contribution >= 0.6 is 0 Å². The quantitative estimate of drug-likeness (QED) is 0.807. The van der Waals surface area contributed by atoms with Gasteiger partial charge in [-0.25, -0.2) is 0 Å². The summed E-state index contributed by atoms with van der Waals surface area (Å²) in [6.07, 6.45) is 3.90. The molecule has 0 saturated heterocycles. The van der Waals surface area contributed by atoms with Gasteiger partial charge in [-0.1, -0.05) is 27.2 Å². The van der Waals surface area contributed by atoms with Crippen molar-refractivity contribution in [3.63, 3.8) is 0 Å². The van der Waals surface area contributed by atoms with Gasteiger partial charge in [-0.2, -0.15) is 0 Å². The number of hydrogen-bond acceptors (Lipinski definition) is 2. The smallest absolute Gasteiger partial charge is 0.0812 e. The van der Waals surface area contributed by atoms with Crippen LogP contribution in [0.4, 0.5) is 0 Å². The maximum absolute atomic E-state index is 10.3. The van der Waals surface area contributed by atoms with Gasteiger partial charge in [0, 0.05) is 30.1 Å². The second-order valence-corrected chi connectivity index (χ2v) is 6.87. The number of unbranched alkanes of at least 4 members (excludes halogenated alkanes) is 1. The van der Waals surface area contributed by atoms with E-state index in [9.17, 15) is 5.11 Å². The van der Waals surface area contributed by atoms with E-state index in [1.165, 1.54) is 17.8 Å². The van der Waals surface area contributed by atoms with E-state index < -0.39 is 0 Å². The molecule has 1 aromatic rings. The zero-order valence-electron chi connectivity index (χ0n) is 13.4. The Hall–Kier alpha value is -0.800. The van der Waals surface area contributed by atoms with Crippen molar-refractivity contribution >= 4 is 0 Å². The number of nitrogens with zero attached hydrogens (tertiary/aromatic N) is 1. The number of rotatable bonds is 6. The number of aliphatic hydroxyl groups is 1. The second-order valence-electron chi connectivity index (χ2n) is 6.87. The highest BCUT2D eigenvalue weighted by Gasteiger charge is 2.33. The van der Waals surface area contributed by atoms with Gasteiger partial charge in [-0.15, -0.1) is 0 Å². The molecule has 3 nitrogen and oxygen atoms in total. The molecule has 3 heteroatoms. The van der Waals surface area contributed by atoms with Crippen LogP contribution in [0.5, 0.6) is 0 Å². The van der Waals surface area contributed by atoms with Gasteiger partial charge in [-0.05, 0) is 37.7 Å². The molecule has 0 saturated carbocycles. The van der Waals surface area contributed by atoms with Crippen molar-refractivity contribution in [2.45, 2.75) is 66.0 Å². The van der Waals surface area contributed by atoms with Crippen molar-refractivity contribution in [3.05, 3.63) is 23.0 Å². The van der Waals surface area contributed by atoms with Crippen LogP contribution in [0.25, 0.3) is 0 Å². The number of aryl methyl sites for hydroxylation is 1. The minimum Gasteiger partial charge on any atom is -0.388 e. The third kappa shape index (κ3) is 3.44. The normalized spacial score (nSPS) is 20.9. The molecule has 0 amide bonds. The molecule has 1 heterocycles. The maximum Gasteiger partial charge on any atom is 0.0812 e. The summed E-state index contributed by atoms with van der Waals surface area (Å²) in [7, 11) is 0. The van der Waals surface area contributed by atoms with E-state index >= 15 is 0 Å². The molecule has 0 aromatic carbocycles. The fourth-order valence-electron chi connectivity index (χ4n) is 3.22. The lowest BCUT2D eigenvalue weighted by molar-refractivity contribution is 0.0952. The molecule has 0 radical (unpaired) electrons. The number of fused-ring (bicyclic) bond motifs is 1. The summed E-state index contributed by atoms with van der Waals surface area (Å²) >= 11 is 0. The number of aromatic nitrogens is 1. The molecular weight excluding hydrogens is 250 g/mol. The Morgan fingerprint density at radius 2 is 2.15 bits per heavy atom. The molecule has 1 aromatic heterocycles. The first kappa shape index (κ1) is 15.6. The van der Waals surface area contributed by atoms with Crippen molar-refractivity contribution in [1.82, 2.24) is 4.57 Å². The van der Waals surface area contributed by atoms with Crippen LogP contribution in [0.15, 0.2) is 6.07 Å². The Morgan fingerprint density at radius 1 is 1.40 bits per heavy atom. The van der Waals surface area contributed by atoms with Gasteiger partial charge in [-0.3, -0.25) is 0 Å². The predicted octanol–water partition coefficient (Wildman–Crippen LogP) is 3.62. The molecule has 1 aliphatic carbocycles. The first-order valence-corrected chi connectivity index (χ1v) is 7.89. The van der Waals surface area contributed by atoms with Crippen molar-refractivity contribution in [2.24, 2.45) is 5.41 Å². The molecule has 114 valence electrons. The van der Waals surface area contributed by atoms with E-state index in [4.69, 9.17) is 4.74 Å². The van der Waals surface area contributed by atoms with E-state index in [-0.39, 0.29) is 11.5 Å². The first-order valence-electron chi connectivity index (χ1n) is 7.89. The maximum atomic E-state index is 10.3. The van der Waals surface area contributed by atoms with Crippen molar-refractivity contribution in [1.29, 1.82) is 0 Å². The topological polar surface area (TPSA) is 34.4 Å². The lowest BCUT2D eigenvalue weighted by atomic mass is 9.75. The van der Waals surface area contributed by atoms with Crippen LogP contribution in [0.3, 0.4) is 0 Å². The largest absolute Gasteiger partial charge is 0.388 e. The number of aliphatic hydroxyl groups excluding tert-OH is 1. The standard InChI is InChI=1S/C17H29NO2/c1-5-6-8-20-9-7-18-13(2)10-14-15(18)11-17(3,4)12-16(14)19/h10,16,19H,5-9,11-12H2,1-4H3. The fourth-order valence-corrected chi connectivity index (χ4v) is 3.22. The monoisotopic (exact) mass is 279 g/mol. The molecule has 0 bridgehead atoms. The highest BCUT2D eigenvalue weighted by Crippen LogP contribution is 2.41. The fraction of sp³-hybridized carbons (Fsp3) is 0.765. The summed E-state index contributed by atoms with van der Waals surface area (Å²) in [5, 5.41) is 10.3. The lowest BCUT2D eigenvalue weighted by Crippen LogP contribution is -2.27. The summed E-state index contributed by atoms with van der Waals surface area (Å²) in [5.41, 5.74) is 3.87. The molecule has 1 atom stereocenters. The summed E-state index contributed by atoms with van der Waals surface area (Å²) in [6.45, 7) is 11.3. The summed E-state index contributed by atoms with van der Waals surface area (Å²) in [5.74, 6) is 0. The SMILES string of the molecule is CCCCOCCn1c(C)cc2c1CC(C)(C)CC2O. The minimum atomic E-state index is -0.310. The van der Waals surface area contributed by atoms with Crippen LogP contribution in [-0.2, 0) is 17.7 Å². The molecule has 1 N–H and O–H groups in total. The first-order chi connectivity index (χ1) is 9.44. The second kappa shape index (κ2) is 6.31. The van der Waals surface area contributed by atoms with E-state index in [1.54, 1.807) is 0 Å². The minimum absolute atomic E-state index is 0.179. The van der Waals surface area contributed by atoms with Gasteiger partial charge in [0.15, 0.2) is 0 Å². The van der Waals surface area contributed by atoms with E-state index in [1.807, 2.05) is 0 Å². The Kier molecular flexibility index (Phi) is 4.92. The zero-order chi connectivity index (χ0) is 14.8. The third-order valence-electron chi connectivity index (χ3n) is 4.30. The van der Waals surface area contributed by atoms with Crippen molar-refractivity contribution in [3.8, 4) is 0 Å². The Bertz CT molecular complexity index is 448. The highest BCUT2D eigenvalue weighted by atomic mass is 16.5. The predicted molar refractivity (Wildman–Crippen MR) is 82.0 cm³/mol. The summed E-state index contributed by atoms with van der Waals surface area (Å²) in [6, 6.07) is 2.15. The van der Waals surface area contributed by atoms with Crippen molar-refractivity contribution in [2.75, 3.05) is 13.2 Å². The molecular formula is C17H29NO2. The molecule has 0 aliphatic heterocycles. The summed E-state index contributed by atoms with van der Waals surface area (Å²) < 4.78 is 8.03. The lowest BCUT2D eigenvalue weighted by Gasteiger charge is -2.34. The van der Waals surface area contributed by atoms with Crippen LogP contribution < -0.4 is 0 Å². The summed E-state index contributed by atoms with van der Waals surface area (Å²) in [4.78, 5) is 0. The Morgan fingerprint density at radius 3 is 2.85 bits per heavy atom. The zero-order valence-corrected chi connectivity index (χ0v) is 13.4. The van der Waals surface area contributed by atoms with Gasteiger partial charge in [0.25, 0.3) is 0 Å². The van der Waals surface area contributed by atoms with Crippen molar-refractivity contribution < 1.29 is 9.84 Å². The average Bonchev–Trinajstić information content (AvgIpc) is 2.65. The third-order valence-corrected chi connectivity index (χ3v) is 4.30. The average molecular weight is 279 g/mol.